The number of aromatic nitrogens is 1. The predicted octanol–water partition coefficient (Wildman–Crippen LogP) is 14.7. The summed E-state index contributed by atoms with van der Waals surface area (Å²) in [4.78, 5) is 3.62. The first-order valence-electron chi connectivity index (χ1n) is 18.3. The van der Waals surface area contributed by atoms with Crippen molar-refractivity contribution >= 4 is 82.2 Å². The summed E-state index contributed by atoms with van der Waals surface area (Å²) in [7, 11) is 0. The van der Waals surface area contributed by atoms with Crippen LogP contribution in [0.3, 0.4) is 0 Å². The number of anilines is 3. The van der Waals surface area contributed by atoms with Gasteiger partial charge in [0.25, 0.3) is 0 Å². The van der Waals surface area contributed by atoms with Gasteiger partial charge < -0.3 is 13.9 Å². The Morgan fingerprint density at radius 1 is 0.444 bits per heavy atom. The number of hydrogen-bond donors (Lipinski definition) is 0. The molecule has 0 bridgehead atoms. The Morgan fingerprint density at radius 3 is 1.80 bits per heavy atom. The quantitative estimate of drug-likeness (QED) is 0.171. The Hall–Kier alpha value is -6.88. The highest BCUT2D eigenvalue weighted by Crippen LogP contribution is 2.42. The lowest BCUT2D eigenvalue weighted by atomic mass is 10.0. The lowest BCUT2D eigenvalue weighted by molar-refractivity contribution is 0.671. The highest BCUT2D eigenvalue weighted by Gasteiger charge is 2.20. The average molecular weight is 709 g/mol. The summed E-state index contributed by atoms with van der Waals surface area (Å²) in [6, 6.07) is 69.7. The maximum Gasteiger partial charge on any atom is 0.160 e. The molecule has 8 aromatic carbocycles. The molecule has 0 amide bonds. The van der Waals surface area contributed by atoms with E-state index in [9.17, 15) is 0 Å². The smallest absolute Gasteiger partial charge is 0.160 e. The van der Waals surface area contributed by atoms with E-state index >= 15 is 0 Å². The number of benzene rings is 8. The average Bonchev–Trinajstić information content (AvgIpc) is 3.94. The fraction of sp³-hybridized carbons (Fsp3) is 0. The molecule has 0 radical (unpaired) electrons. The molecule has 0 aliphatic carbocycles. The van der Waals surface area contributed by atoms with Crippen LogP contribution in [-0.4, -0.2) is 4.57 Å². The zero-order valence-electron chi connectivity index (χ0n) is 29.2. The van der Waals surface area contributed by atoms with Gasteiger partial charge in [0.15, 0.2) is 5.58 Å². The number of fused-ring (bicyclic) bond motifs is 8. The van der Waals surface area contributed by atoms with E-state index in [1.54, 1.807) is 0 Å². The van der Waals surface area contributed by atoms with E-state index in [4.69, 9.17) is 4.42 Å². The number of thiophene rings is 1. The Balaban J connectivity index is 1.04. The topological polar surface area (TPSA) is 21.3 Å². The molecule has 0 aliphatic rings. The van der Waals surface area contributed by atoms with Gasteiger partial charge in [0.1, 0.15) is 5.58 Å². The van der Waals surface area contributed by atoms with Gasteiger partial charge >= 0.3 is 0 Å². The van der Waals surface area contributed by atoms with Crippen molar-refractivity contribution in [3.63, 3.8) is 0 Å². The van der Waals surface area contributed by atoms with Crippen LogP contribution in [-0.2, 0) is 0 Å². The van der Waals surface area contributed by atoms with E-state index in [0.717, 1.165) is 55.7 Å². The maximum absolute atomic E-state index is 6.61. The van der Waals surface area contributed by atoms with Crippen LogP contribution in [0.5, 0.6) is 0 Å². The largest absolute Gasteiger partial charge is 0.454 e. The Morgan fingerprint density at radius 2 is 1.04 bits per heavy atom. The fourth-order valence-electron chi connectivity index (χ4n) is 8.03. The Bertz CT molecular complexity index is 3100. The monoisotopic (exact) mass is 708 g/mol. The number of furan rings is 1. The van der Waals surface area contributed by atoms with Gasteiger partial charge in [0.05, 0.1) is 11.0 Å². The highest BCUT2D eigenvalue weighted by atomic mass is 32.1. The summed E-state index contributed by atoms with van der Waals surface area (Å²) < 4.78 is 10.3. The van der Waals surface area contributed by atoms with E-state index in [2.05, 4.69) is 198 Å². The van der Waals surface area contributed by atoms with E-state index in [-0.39, 0.29) is 0 Å². The van der Waals surface area contributed by atoms with Crippen molar-refractivity contribution in [1.82, 2.24) is 4.57 Å². The molecule has 0 unspecified atom stereocenters. The predicted molar refractivity (Wildman–Crippen MR) is 229 cm³/mol. The molecule has 11 aromatic rings. The van der Waals surface area contributed by atoms with E-state index in [1.807, 2.05) is 17.4 Å². The van der Waals surface area contributed by atoms with Crippen LogP contribution in [0.4, 0.5) is 17.1 Å². The van der Waals surface area contributed by atoms with Crippen LogP contribution in [0.15, 0.2) is 199 Å². The molecule has 0 fully saturated rings. The molecule has 11 rings (SSSR count). The van der Waals surface area contributed by atoms with Crippen molar-refractivity contribution in [2.45, 2.75) is 0 Å². The minimum absolute atomic E-state index is 0.902. The molecule has 3 heterocycles. The second-order valence-corrected chi connectivity index (χ2v) is 14.8. The standard InChI is InChI=1S/C50H32N2OS/c1-2-10-33(11-3-1)34-18-22-37(23-19-34)51(38-24-20-35(21-25-38)48-32-36-12-4-9-17-47(36)54-48)39-26-28-40(29-27-39)52-45-15-7-5-13-41(45)43-30-31-44-42-14-6-8-16-46(42)53-50(44)49(43)52/h1-32H. The van der Waals surface area contributed by atoms with Crippen LogP contribution in [0.25, 0.3) is 81.1 Å². The molecule has 254 valence electrons. The van der Waals surface area contributed by atoms with Gasteiger partial charge in [0, 0.05) is 53.9 Å². The van der Waals surface area contributed by atoms with Crippen molar-refractivity contribution in [1.29, 1.82) is 0 Å². The minimum Gasteiger partial charge on any atom is -0.454 e. The van der Waals surface area contributed by atoms with Crippen LogP contribution < -0.4 is 4.90 Å². The maximum atomic E-state index is 6.61. The summed E-state index contributed by atoms with van der Waals surface area (Å²) in [5.41, 5.74) is 12.0. The van der Waals surface area contributed by atoms with Gasteiger partial charge in [0.2, 0.25) is 0 Å². The molecular formula is C50H32N2OS. The normalized spacial score (nSPS) is 11.7. The first kappa shape index (κ1) is 30.7. The first-order valence-corrected chi connectivity index (χ1v) is 19.1. The van der Waals surface area contributed by atoms with Crippen molar-refractivity contribution in [2.24, 2.45) is 0 Å². The third-order valence-electron chi connectivity index (χ3n) is 10.6. The lowest BCUT2D eigenvalue weighted by Gasteiger charge is -2.26. The molecule has 3 aromatic heterocycles. The van der Waals surface area contributed by atoms with Gasteiger partial charge in [-0.15, -0.1) is 11.3 Å². The van der Waals surface area contributed by atoms with Gasteiger partial charge in [-0.2, -0.15) is 0 Å². The fourth-order valence-corrected chi connectivity index (χ4v) is 9.10. The lowest BCUT2D eigenvalue weighted by Crippen LogP contribution is -2.10. The molecule has 54 heavy (non-hydrogen) atoms. The molecule has 0 atom stereocenters. The summed E-state index contributed by atoms with van der Waals surface area (Å²) in [6.07, 6.45) is 0. The van der Waals surface area contributed by atoms with Gasteiger partial charge in [-0.3, -0.25) is 0 Å². The summed E-state index contributed by atoms with van der Waals surface area (Å²) in [5, 5.41) is 5.93. The molecular weight excluding hydrogens is 677 g/mol. The molecule has 3 nitrogen and oxygen atoms in total. The van der Waals surface area contributed by atoms with Gasteiger partial charge in [-0.1, -0.05) is 115 Å². The molecule has 0 saturated heterocycles. The Kier molecular flexibility index (Phi) is 7.04. The molecule has 0 spiro atoms. The van der Waals surface area contributed by atoms with E-state index in [0.29, 0.717) is 0 Å². The molecule has 4 heteroatoms. The number of nitrogens with zero attached hydrogens (tertiary/aromatic N) is 2. The second kappa shape index (κ2) is 12.4. The van der Waals surface area contributed by atoms with Crippen LogP contribution in [0.2, 0.25) is 0 Å². The van der Waals surface area contributed by atoms with Crippen molar-refractivity contribution in [3.05, 3.63) is 194 Å². The molecule has 0 saturated carbocycles. The molecule has 0 aliphatic heterocycles. The minimum atomic E-state index is 0.902. The van der Waals surface area contributed by atoms with Crippen molar-refractivity contribution in [2.75, 3.05) is 4.90 Å². The number of hydrogen-bond acceptors (Lipinski definition) is 3. The van der Waals surface area contributed by atoms with Crippen LogP contribution in [0, 0.1) is 0 Å². The summed E-state index contributed by atoms with van der Waals surface area (Å²) in [5.74, 6) is 0. The Labute approximate surface area is 316 Å². The van der Waals surface area contributed by atoms with E-state index < -0.39 is 0 Å². The third-order valence-corrected chi connectivity index (χ3v) is 11.8. The van der Waals surface area contributed by atoms with Crippen LogP contribution >= 0.6 is 11.3 Å². The highest BCUT2D eigenvalue weighted by molar-refractivity contribution is 7.22. The zero-order valence-corrected chi connectivity index (χ0v) is 30.0. The number of para-hydroxylation sites is 2. The van der Waals surface area contributed by atoms with E-state index in [1.165, 1.54) is 42.4 Å². The summed E-state index contributed by atoms with van der Waals surface area (Å²) >= 11 is 1.84. The summed E-state index contributed by atoms with van der Waals surface area (Å²) in [6.45, 7) is 0. The van der Waals surface area contributed by atoms with Crippen LogP contribution in [0.1, 0.15) is 0 Å². The third kappa shape index (κ3) is 4.96. The van der Waals surface area contributed by atoms with Gasteiger partial charge in [-0.05, 0) is 101 Å². The number of rotatable bonds is 6. The first-order chi connectivity index (χ1) is 26.8. The van der Waals surface area contributed by atoms with Crippen molar-refractivity contribution < 1.29 is 4.42 Å². The van der Waals surface area contributed by atoms with Gasteiger partial charge in [-0.25, -0.2) is 0 Å². The zero-order chi connectivity index (χ0) is 35.6. The SMILES string of the molecule is c1ccc(-c2ccc(N(c3ccc(-c4cc5ccccc5s4)cc3)c3ccc(-n4c5ccccc5c5ccc6c7ccccc7oc6c54)cc3)cc2)cc1. The second-order valence-electron chi connectivity index (χ2n) is 13.7. The molecule has 0 N–H and O–H groups in total. The van der Waals surface area contributed by atoms with Crippen molar-refractivity contribution in [3.8, 4) is 27.3 Å².